The van der Waals surface area contributed by atoms with Crippen LogP contribution in [0.5, 0.6) is 5.88 Å². The van der Waals surface area contributed by atoms with E-state index in [1.165, 1.54) is 0 Å². The van der Waals surface area contributed by atoms with E-state index in [0.717, 1.165) is 24.6 Å². The van der Waals surface area contributed by atoms with Crippen LogP contribution >= 0.6 is 0 Å². The van der Waals surface area contributed by atoms with E-state index >= 15 is 0 Å². The molecule has 3 N–H and O–H groups in total. The van der Waals surface area contributed by atoms with E-state index in [1.807, 2.05) is 0 Å². The number of halogens is 2. The molecular formula is C18H21F2N5O3. The average Bonchev–Trinajstić information content (AvgIpc) is 3.30. The molecule has 28 heavy (non-hydrogen) atoms. The van der Waals surface area contributed by atoms with Gasteiger partial charge in [-0.15, -0.1) is 0 Å². The fourth-order valence-electron chi connectivity index (χ4n) is 3.48. The number of fused-ring (bicyclic) bond motifs is 7. The Morgan fingerprint density at radius 3 is 2.93 bits per heavy atom. The Morgan fingerprint density at radius 1 is 1.14 bits per heavy atom. The molecule has 2 aliphatic rings. The molecule has 1 fully saturated rings. The number of H-pyrrole nitrogens is 1. The van der Waals surface area contributed by atoms with Crippen molar-refractivity contribution in [2.75, 3.05) is 18.5 Å². The van der Waals surface area contributed by atoms with Gasteiger partial charge in [-0.3, -0.25) is 5.10 Å². The molecule has 1 saturated carbocycles. The minimum absolute atomic E-state index is 0.148. The molecule has 8 nitrogen and oxygen atoms in total. The number of aromatic amines is 1. The molecule has 150 valence electrons. The lowest BCUT2D eigenvalue weighted by Crippen LogP contribution is -2.29. The van der Waals surface area contributed by atoms with Crippen LogP contribution in [0.3, 0.4) is 0 Å². The van der Waals surface area contributed by atoms with E-state index in [9.17, 15) is 13.6 Å². The van der Waals surface area contributed by atoms with Crippen molar-refractivity contribution in [2.45, 2.75) is 44.1 Å². The Labute approximate surface area is 160 Å². The van der Waals surface area contributed by atoms with E-state index in [0.29, 0.717) is 31.6 Å². The molecule has 0 spiro atoms. The summed E-state index contributed by atoms with van der Waals surface area (Å²) in [5.41, 5.74) is 0.856. The fourth-order valence-corrected chi connectivity index (χ4v) is 3.48. The summed E-state index contributed by atoms with van der Waals surface area (Å²) in [5, 5.41) is 12.5. The first-order valence-electron chi connectivity index (χ1n) is 9.34. The van der Waals surface area contributed by atoms with Gasteiger partial charge in [0.25, 0.3) is 5.88 Å². The summed E-state index contributed by atoms with van der Waals surface area (Å²) in [6, 6.07) is 2.48. The van der Waals surface area contributed by atoms with Crippen LogP contribution in [0.25, 0.3) is 0 Å². The molecule has 6 bridgehead atoms. The number of hydrogen-bond acceptors (Lipinski definition) is 6. The number of hydrogen-bond donors (Lipinski definition) is 3. The van der Waals surface area contributed by atoms with Gasteiger partial charge in [0, 0.05) is 30.3 Å². The van der Waals surface area contributed by atoms with Gasteiger partial charge in [0.15, 0.2) is 23.3 Å². The zero-order valence-corrected chi connectivity index (χ0v) is 15.1. The summed E-state index contributed by atoms with van der Waals surface area (Å²) >= 11 is 0. The van der Waals surface area contributed by atoms with Gasteiger partial charge in [-0.25, -0.2) is 13.6 Å². The molecule has 0 saturated heterocycles. The molecular weight excluding hydrogens is 372 g/mol. The quantitative estimate of drug-likeness (QED) is 0.635. The summed E-state index contributed by atoms with van der Waals surface area (Å²) in [4.78, 5) is 15.8. The number of nitrogens with zero attached hydrogens (tertiary/aromatic N) is 2. The van der Waals surface area contributed by atoms with Crippen LogP contribution in [0, 0.1) is 11.6 Å². The number of nitrogens with one attached hydrogen (secondary N) is 3. The van der Waals surface area contributed by atoms with Gasteiger partial charge in [0.2, 0.25) is 0 Å². The standard InChI is InChI=1S/C18H21F2N5O3/c19-12-8-13(20)17-23-16(12)22-15-9-14(24-25-15)10-3-4-11(7-10)28-18(26)21-5-1-2-6-27-17/h8-11H,1-7H2,(H,21,26)(H2,22,23,24,25)/t10-,11+/m0/s1. The van der Waals surface area contributed by atoms with Gasteiger partial charge in [-0.1, -0.05) is 0 Å². The van der Waals surface area contributed by atoms with Crippen molar-refractivity contribution < 1.29 is 23.0 Å². The van der Waals surface area contributed by atoms with E-state index in [-0.39, 0.29) is 30.3 Å². The molecule has 0 aromatic carbocycles. The molecule has 2 atom stereocenters. The average molecular weight is 393 g/mol. The maximum absolute atomic E-state index is 14.1. The Bertz CT molecular complexity index is 860. The lowest BCUT2D eigenvalue weighted by atomic mass is 10.0. The largest absolute Gasteiger partial charge is 0.476 e. The number of rotatable bonds is 0. The lowest BCUT2D eigenvalue weighted by Gasteiger charge is -2.13. The molecule has 0 unspecified atom stereocenters. The van der Waals surface area contributed by atoms with Crippen LogP contribution < -0.4 is 15.4 Å². The Morgan fingerprint density at radius 2 is 2.04 bits per heavy atom. The highest BCUT2D eigenvalue weighted by atomic mass is 19.1. The SMILES string of the molecule is O=C1NCCCCOc2nc(c(F)cc2F)Nc2cc([nH]n2)[C@H]2CC[C@H](C2)O1. The molecule has 4 rings (SSSR count). The minimum Gasteiger partial charge on any atom is -0.476 e. The first-order valence-corrected chi connectivity index (χ1v) is 9.34. The van der Waals surface area contributed by atoms with E-state index < -0.39 is 17.7 Å². The number of aromatic nitrogens is 3. The minimum atomic E-state index is -0.876. The highest BCUT2D eigenvalue weighted by Crippen LogP contribution is 2.36. The van der Waals surface area contributed by atoms with Gasteiger partial charge < -0.3 is 20.1 Å². The van der Waals surface area contributed by atoms with Crippen molar-refractivity contribution in [3.8, 4) is 5.88 Å². The number of pyridine rings is 1. The predicted octanol–water partition coefficient (Wildman–Crippen LogP) is 3.36. The molecule has 0 radical (unpaired) electrons. The van der Waals surface area contributed by atoms with Crippen molar-refractivity contribution in [3.05, 3.63) is 29.5 Å². The van der Waals surface area contributed by atoms with Crippen molar-refractivity contribution >= 4 is 17.7 Å². The number of carbonyl (C=O) groups excluding carboxylic acids is 1. The zero-order valence-electron chi connectivity index (χ0n) is 15.1. The van der Waals surface area contributed by atoms with Crippen molar-refractivity contribution in [2.24, 2.45) is 0 Å². The molecule has 2 aromatic heterocycles. The smallest absolute Gasteiger partial charge is 0.407 e. The van der Waals surface area contributed by atoms with Crippen LogP contribution in [0.4, 0.5) is 25.2 Å². The highest BCUT2D eigenvalue weighted by molar-refractivity contribution is 5.67. The second-order valence-electron chi connectivity index (χ2n) is 6.96. The topological polar surface area (TPSA) is 101 Å². The summed E-state index contributed by atoms with van der Waals surface area (Å²) in [6.45, 7) is 0.608. The maximum Gasteiger partial charge on any atom is 0.407 e. The number of ether oxygens (including phenoxy) is 2. The molecule has 3 heterocycles. The van der Waals surface area contributed by atoms with Crippen LogP contribution in [-0.4, -0.2) is 40.5 Å². The number of anilines is 2. The highest BCUT2D eigenvalue weighted by Gasteiger charge is 2.30. The molecule has 1 aliphatic carbocycles. The number of amides is 1. The van der Waals surface area contributed by atoms with Gasteiger partial charge in [-0.05, 0) is 32.1 Å². The van der Waals surface area contributed by atoms with Gasteiger partial charge >= 0.3 is 6.09 Å². The molecule has 1 aliphatic heterocycles. The summed E-state index contributed by atoms with van der Waals surface area (Å²) in [5.74, 6) is -1.63. The van der Waals surface area contributed by atoms with Crippen molar-refractivity contribution in [1.82, 2.24) is 20.5 Å². The molecule has 1 amide bonds. The third-order valence-corrected chi connectivity index (χ3v) is 4.92. The van der Waals surface area contributed by atoms with Crippen molar-refractivity contribution in [3.63, 3.8) is 0 Å². The third kappa shape index (κ3) is 4.15. The predicted molar refractivity (Wildman–Crippen MR) is 95.6 cm³/mol. The van der Waals surface area contributed by atoms with Crippen LogP contribution in [0.15, 0.2) is 12.1 Å². The Kier molecular flexibility index (Phi) is 5.27. The summed E-state index contributed by atoms with van der Waals surface area (Å²) < 4.78 is 38.8. The first-order chi connectivity index (χ1) is 13.6. The Hall–Kier alpha value is -2.91. The van der Waals surface area contributed by atoms with Crippen LogP contribution in [0.2, 0.25) is 0 Å². The van der Waals surface area contributed by atoms with Gasteiger partial charge in [0.1, 0.15) is 6.10 Å². The van der Waals surface area contributed by atoms with Gasteiger partial charge in [0.05, 0.1) is 6.61 Å². The third-order valence-electron chi connectivity index (χ3n) is 4.92. The lowest BCUT2D eigenvalue weighted by molar-refractivity contribution is 0.0999. The number of alkyl carbamates (subject to hydrolysis) is 1. The maximum atomic E-state index is 14.1. The number of carbonyl (C=O) groups is 1. The van der Waals surface area contributed by atoms with Crippen LogP contribution in [-0.2, 0) is 4.74 Å². The van der Waals surface area contributed by atoms with Crippen LogP contribution in [0.1, 0.15) is 43.7 Å². The summed E-state index contributed by atoms with van der Waals surface area (Å²) in [6.07, 6.45) is 2.92. The molecule has 10 heteroatoms. The van der Waals surface area contributed by atoms with Gasteiger partial charge in [-0.2, -0.15) is 10.1 Å². The monoisotopic (exact) mass is 393 g/mol. The first kappa shape index (κ1) is 18.5. The summed E-state index contributed by atoms with van der Waals surface area (Å²) in [7, 11) is 0. The zero-order chi connectivity index (χ0) is 19.5. The second kappa shape index (κ2) is 7.99. The van der Waals surface area contributed by atoms with E-state index in [4.69, 9.17) is 9.47 Å². The molecule has 2 aromatic rings. The van der Waals surface area contributed by atoms with E-state index in [2.05, 4.69) is 25.8 Å². The van der Waals surface area contributed by atoms with E-state index in [1.54, 1.807) is 6.07 Å². The van der Waals surface area contributed by atoms with Crippen molar-refractivity contribution in [1.29, 1.82) is 0 Å². The normalized spacial score (nSPS) is 22.9. The second-order valence-corrected chi connectivity index (χ2v) is 6.96. The Balaban J connectivity index is 1.57. The fraction of sp³-hybridized carbons (Fsp3) is 0.500.